The molecule has 3 aliphatic rings. The molecule has 3 aliphatic carbocycles. The van der Waals surface area contributed by atoms with Gasteiger partial charge < -0.3 is 20.1 Å². The van der Waals surface area contributed by atoms with Gasteiger partial charge in [-0.05, 0) is 85.8 Å². The molecule has 1 spiro atoms. The lowest BCUT2D eigenvalue weighted by Crippen LogP contribution is -2.45. The minimum atomic E-state index is 0.193. The Morgan fingerprint density at radius 2 is 2.00 bits per heavy atom. The molecular formula is C23H30N2O2S. The van der Waals surface area contributed by atoms with Crippen LogP contribution in [0.1, 0.15) is 61.3 Å². The van der Waals surface area contributed by atoms with Crippen molar-refractivity contribution in [3.63, 3.8) is 0 Å². The fourth-order valence-electron chi connectivity index (χ4n) is 4.74. The van der Waals surface area contributed by atoms with Gasteiger partial charge in [-0.3, -0.25) is 0 Å². The Kier molecular flexibility index (Phi) is 5.91. The van der Waals surface area contributed by atoms with Crippen molar-refractivity contribution < 1.29 is 9.47 Å². The first-order valence-corrected chi connectivity index (χ1v) is 10.7. The van der Waals surface area contributed by atoms with E-state index in [9.17, 15) is 0 Å². The lowest BCUT2D eigenvalue weighted by molar-refractivity contribution is 0.0181. The summed E-state index contributed by atoms with van der Waals surface area (Å²) in [7, 11) is 3.50. The third kappa shape index (κ3) is 4.20. The Hall–Kier alpha value is -1.61. The summed E-state index contributed by atoms with van der Waals surface area (Å²) >= 11 is 5.56. The van der Waals surface area contributed by atoms with Crippen LogP contribution in [0.4, 0.5) is 0 Å². The van der Waals surface area contributed by atoms with Crippen LogP contribution < -0.4 is 10.6 Å². The van der Waals surface area contributed by atoms with Gasteiger partial charge in [-0.1, -0.05) is 17.9 Å². The average Bonchev–Trinajstić information content (AvgIpc) is 3.50. The maximum atomic E-state index is 5.63. The van der Waals surface area contributed by atoms with Crippen molar-refractivity contribution >= 4 is 17.3 Å². The lowest BCUT2D eigenvalue weighted by Gasteiger charge is -2.42. The summed E-state index contributed by atoms with van der Waals surface area (Å²) in [4.78, 5) is 0. The van der Waals surface area contributed by atoms with Crippen molar-refractivity contribution in [2.24, 2.45) is 11.3 Å². The quantitative estimate of drug-likeness (QED) is 0.460. The van der Waals surface area contributed by atoms with Gasteiger partial charge in [-0.2, -0.15) is 0 Å². The van der Waals surface area contributed by atoms with Gasteiger partial charge in [0.05, 0.1) is 12.1 Å². The molecule has 1 atom stereocenters. The number of rotatable bonds is 4. The van der Waals surface area contributed by atoms with Crippen LogP contribution in [-0.2, 0) is 15.9 Å². The summed E-state index contributed by atoms with van der Waals surface area (Å²) in [6.45, 7) is 0.414. The van der Waals surface area contributed by atoms with E-state index in [1.807, 2.05) is 7.11 Å². The van der Waals surface area contributed by atoms with E-state index in [1.54, 1.807) is 7.11 Å². The molecule has 150 valence electrons. The minimum Gasteiger partial charge on any atom is -0.381 e. The molecule has 0 bridgehead atoms. The topological polar surface area (TPSA) is 42.5 Å². The van der Waals surface area contributed by atoms with Gasteiger partial charge in [0, 0.05) is 25.7 Å². The molecule has 0 saturated heterocycles. The molecule has 28 heavy (non-hydrogen) atoms. The number of ether oxygens (including phenoxy) is 2. The number of nitrogens with one attached hydrogen (secondary N) is 2. The molecule has 4 nitrogen and oxygen atoms in total. The summed E-state index contributed by atoms with van der Waals surface area (Å²) in [5.41, 5.74) is 4.11. The van der Waals surface area contributed by atoms with Gasteiger partial charge >= 0.3 is 0 Å². The fourth-order valence-corrected chi connectivity index (χ4v) is 4.92. The number of methoxy groups -OCH3 is 2. The van der Waals surface area contributed by atoms with Crippen LogP contribution in [0.25, 0.3) is 0 Å². The van der Waals surface area contributed by atoms with Crippen molar-refractivity contribution in [3.8, 4) is 11.8 Å². The highest BCUT2D eigenvalue weighted by Crippen LogP contribution is 2.54. The standard InChI is InChI=1S/C23H30N2O2S/c1-26-15-24-22(28)25-21-20-13-17(6-5-16-3-4-16)7-8-18(20)14-23(21)11-9-19(27-2)10-12-23/h7-8,13,16,19,21H,3-4,9-12,14-15H2,1-2H3,(H2,24,25,28). The van der Waals surface area contributed by atoms with E-state index in [4.69, 9.17) is 21.7 Å². The molecule has 4 rings (SSSR count). The zero-order valence-electron chi connectivity index (χ0n) is 16.8. The van der Waals surface area contributed by atoms with E-state index < -0.39 is 0 Å². The summed E-state index contributed by atoms with van der Waals surface area (Å²) < 4.78 is 10.7. The maximum absolute atomic E-state index is 5.63. The molecule has 2 fully saturated rings. The van der Waals surface area contributed by atoms with Gasteiger partial charge in [0.2, 0.25) is 0 Å². The number of thiocarbonyl (C=S) groups is 1. The van der Waals surface area contributed by atoms with Crippen molar-refractivity contribution in [2.75, 3.05) is 21.0 Å². The van der Waals surface area contributed by atoms with E-state index in [2.05, 4.69) is 40.7 Å². The summed E-state index contributed by atoms with van der Waals surface area (Å²) in [6.07, 6.45) is 8.50. The van der Waals surface area contributed by atoms with Crippen molar-refractivity contribution in [1.29, 1.82) is 0 Å². The first kappa shape index (κ1) is 19.7. The second-order valence-corrected chi connectivity index (χ2v) is 8.86. The summed E-state index contributed by atoms with van der Waals surface area (Å²) in [5.74, 6) is 7.39. The molecule has 2 saturated carbocycles. The molecule has 1 aromatic rings. The molecular weight excluding hydrogens is 368 g/mol. The van der Waals surface area contributed by atoms with E-state index in [-0.39, 0.29) is 11.5 Å². The predicted molar refractivity (Wildman–Crippen MR) is 115 cm³/mol. The molecule has 0 amide bonds. The average molecular weight is 399 g/mol. The van der Waals surface area contributed by atoms with Gasteiger partial charge in [0.25, 0.3) is 0 Å². The molecule has 0 aromatic heterocycles. The van der Waals surface area contributed by atoms with Crippen LogP contribution in [0, 0.1) is 23.2 Å². The molecule has 0 heterocycles. The van der Waals surface area contributed by atoms with E-state index in [0.717, 1.165) is 37.7 Å². The van der Waals surface area contributed by atoms with E-state index >= 15 is 0 Å². The van der Waals surface area contributed by atoms with E-state index in [1.165, 1.54) is 24.0 Å². The van der Waals surface area contributed by atoms with Crippen LogP contribution in [0.15, 0.2) is 18.2 Å². The molecule has 1 unspecified atom stereocenters. The number of hydrogen-bond acceptors (Lipinski definition) is 3. The second kappa shape index (κ2) is 8.41. The Morgan fingerprint density at radius 3 is 2.68 bits per heavy atom. The van der Waals surface area contributed by atoms with Crippen LogP contribution in [0.3, 0.4) is 0 Å². The Labute approximate surface area is 173 Å². The highest BCUT2D eigenvalue weighted by molar-refractivity contribution is 7.80. The van der Waals surface area contributed by atoms with Crippen LogP contribution >= 0.6 is 12.2 Å². The van der Waals surface area contributed by atoms with Crippen molar-refractivity contribution in [3.05, 3.63) is 34.9 Å². The SMILES string of the molecule is COCNC(=S)NC1c2cc(C#CC3CC3)ccc2CC12CCC(OC)CC2. The lowest BCUT2D eigenvalue weighted by atomic mass is 9.68. The highest BCUT2D eigenvalue weighted by Gasteiger charge is 2.48. The van der Waals surface area contributed by atoms with Gasteiger partial charge in [0.15, 0.2) is 5.11 Å². The fraction of sp³-hybridized carbons (Fsp3) is 0.609. The minimum absolute atomic E-state index is 0.193. The van der Waals surface area contributed by atoms with E-state index in [0.29, 0.717) is 23.9 Å². The first-order valence-electron chi connectivity index (χ1n) is 10.3. The highest BCUT2D eigenvalue weighted by atomic mass is 32.1. The second-order valence-electron chi connectivity index (χ2n) is 8.45. The van der Waals surface area contributed by atoms with Crippen LogP contribution in [-0.4, -0.2) is 32.2 Å². The third-order valence-corrected chi connectivity index (χ3v) is 6.79. The maximum Gasteiger partial charge on any atom is 0.168 e. The number of benzene rings is 1. The van der Waals surface area contributed by atoms with Crippen molar-refractivity contribution in [2.45, 2.75) is 57.1 Å². The molecule has 2 N–H and O–H groups in total. The molecule has 1 aromatic carbocycles. The first-order chi connectivity index (χ1) is 13.6. The van der Waals surface area contributed by atoms with Gasteiger partial charge in [-0.15, -0.1) is 0 Å². The molecule has 0 radical (unpaired) electrons. The molecule has 0 aliphatic heterocycles. The number of fused-ring (bicyclic) bond motifs is 1. The normalized spacial score (nSPS) is 28.4. The summed E-state index contributed by atoms with van der Waals surface area (Å²) in [5, 5.41) is 7.41. The zero-order valence-corrected chi connectivity index (χ0v) is 17.7. The largest absolute Gasteiger partial charge is 0.381 e. The Bertz CT molecular complexity index is 786. The van der Waals surface area contributed by atoms with Crippen LogP contribution in [0.2, 0.25) is 0 Å². The van der Waals surface area contributed by atoms with Crippen LogP contribution in [0.5, 0.6) is 0 Å². The smallest absolute Gasteiger partial charge is 0.168 e. The van der Waals surface area contributed by atoms with Gasteiger partial charge in [-0.25, -0.2) is 0 Å². The predicted octanol–water partition coefficient (Wildman–Crippen LogP) is 3.69. The number of hydrogen-bond donors (Lipinski definition) is 2. The Balaban J connectivity index is 1.60. The van der Waals surface area contributed by atoms with Gasteiger partial charge in [0.1, 0.15) is 6.73 Å². The molecule has 5 heteroatoms. The zero-order chi connectivity index (χ0) is 19.6. The Morgan fingerprint density at radius 1 is 1.21 bits per heavy atom. The monoisotopic (exact) mass is 398 g/mol. The summed E-state index contributed by atoms with van der Waals surface area (Å²) in [6, 6.07) is 6.97. The third-order valence-electron chi connectivity index (χ3n) is 6.52. The van der Waals surface area contributed by atoms with Crippen molar-refractivity contribution in [1.82, 2.24) is 10.6 Å².